The summed E-state index contributed by atoms with van der Waals surface area (Å²) in [5.41, 5.74) is 0. The van der Waals surface area contributed by atoms with Gasteiger partial charge in [0.05, 0.1) is 0 Å². The van der Waals surface area contributed by atoms with Crippen LogP contribution in [0.3, 0.4) is 0 Å². The van der Waals surface area contributed by atoms with Gasteiger partial charge >= 0.3 is 0 Å². The van der Waals surface area contributed by atoms with Gasteiger partial charge in [-0.3, -0.25) is 4.90 Å². The summed E-state index contributed by atoms with van der Waals surface area (Å²) in [7, 11) is 2.23. The van der Waals surface area contributed by atoms with Gasteiger partial charge in [0, 0.05) is 25.2 Å². The van der Waals surface area contributed by atoms with Gasteiger partial charge in [0.2, 0.25) is 0 Å². The fourth-order valence-electron chi connectivity index (χ4n) is 1.99. The molecule has 78 valence electrons. The molecule has 0 amide bonds. The molecule has 0 spiro atoms. The molecule has 0 aromatic rings. The Morgan fingerprint density at radius 3 is 2.23 bits per heavy atom. The molecule has 0 radical (unpaired) electrons. The lowest BCUT2D eigenvalue weighted by Gasteiger charge is -2.42. The Bertz CT molecular complexity index is 140. The molecule has 2 atom stereocenters. The van der Waals surface area contributed by atoms with Crippen molar-refractivity contribution in [2.75, 3.05) is 32.4 Å². The van der Waals surface area contributed by atoms with Crippen LogP contribution in [0, 0.1) is 0 Å². The highest BCUT2D eigenvalue weighted by Crippen LogP contribution is 2.13. The van der Waals surface area contributed by atoms with E-state index in [2.05, 4.69) is 43.3 Å². The van der Waals surface area contributed by atoms with Gasteiger partial charge in [0.25, 0.3) is 0 Å². The quantitative estimate of drug-likeness (QED) is 0.690. The second-order valence-electron chi connectivity index (χ2n) is 4.20. The van der Waals surface area contributed by atoms with Crippen LogP contribution >= 0.6 is 12.6 Å². The molecule has 1 aliphatic heterocycles. The third-order valence-corrected chi connectivity index (χ3v) is 3.38. The highest BCUT2D eigenvalue weighted by Gasteiger charge is 2.25. The second-order valence-corrected chi connectivity index (χ2v) is 4.65. The zero-order valence-corrected chi connectivity index (χ0v) is 9.93. The van der Waals surface area contributed by atoms with Crippen LogP contribution in [-0.4, -0.2) is 54.3 Å². The average molecular weight is 202 g/mol. The maximum atomic E-state index is 4.25. The summed E-state index contributed by atoms with van der Waals surface area (Å²) in [5, 5.41) is 0. The number of likely N-dealkylation sites (N-methyl/N-ethyl adjacent to an activating group) is 1. The van der Waals surface area contributed by atoms with E-state index >= 15 is 0 Å². The van der Waals surface area contributed by atoms with Crippen molar-refractivity contribution in [1.82, 2.24) is 9.80 Å². The van der Waals surface area contributed by atoms with E-state index in [-0.39, 0.29) is 0 Å². The van der Waals surface area contributed by atoms with E-state index in [1.165, 1.54) is 26.1 Å². The lowest BCUT2D eigenvalue weighted by Crippen LogP contribution is -2.54. The SMILES string of the molecule is CC1CN(CCCS)CC(C)N1C. The molecule has 2 unspecified atom stereocenters. The second kappa shape index (κ2) is 5.23. The van der Waals surface area contributed by atoms with Crippen LogP contribution in [0.2, 0.25) is 0 Å². The Balaban J connectivity index is 2.35. The normalized spacial score (nSPS) is 32.3. The first-order chi connectivity index (χ1) is 6.15. The molecular formula is C10H22N2S. The third-order valence-electron chi connectivity index (χ3n) is 3.07. The van der Waals surface area contributed by atoms with Crippen molar-refractivity contribution in [3.8, 4) is 0 Å². The number of hydrogen-bond acceptors (Lipinski definition) is 3. The van der Waals surface area contributed by atoms with Gasteiger partial charge in [-0.1, -0.05) is 0 Å². The highest BCUT2D eigenvalue weighted by atomic mass is 32.1. The predicted octanol–water partition coefficient (Wildman–Crippen LogP) is 1.33. The van der Waals surface area contributed by atoms with E-state index in [4.69, 9.17) is 0 Å². The first-order valence-corrected chi connectivity index (χ1v) is 5.83. The average Bonchev–Trinajstić information content (AvgIpc) is 2.10. The standard InChI is InChI=1S/C10H22N2S/c1-9-7-12(5-4-6-13)8-10(2)11(9)3/h9-10,13H,4-8H2,1-3H3. The molecule has 1 fully saturated rings. The van der Waals surface area contributed by atoms with Crippen molar-refractivity contribution in [1.29, 1.82) is 0 Å². The maximum Gasteiger partial charge on any atom is 0.0195 e. The Labute approximate surface area is 87.7 Å². The van der Waals surface area contributed by atoms with Crippen LogP contribution in [0.25, 0.3) is 0 Å². The maximum absolute atomic E-state index is 4.25. The summed E-state index contributed by atoms with van der Waals surface area (Å²) >= 11 is 4.25. The van der Waals surface area contributed by atoms with E-state index < -0.39 is 0 Å². The molecule has 0 aromatic carbocycles. The zero-order chi connectivity index (χ0) is 9.84. The minimum atomic E-state index is 0.698. The molecule has 1 heterocycles. The van der Waals surface area contributed by atoms with Crippen molar-refractivity contribution in [3.63, 3.8) is 0 Å². The first-order valence-electron chi connectivity index (χ1n) is 5.20. The molecule has 1 saturated heterocycles. The molecule has 0 N–H and O–H groups in total. The van der Waals surface area contributed by atoms with Crippen LogP contribution in [0.15, 0.2) is 0 Å². The van der Waals surface area contributed by atoms with Crippen molar-refractivity contribution in [2.24, 2.45) is 0 Å². The van der Waals surface area contributed by atoms with Gasteiger partial charge in [-0.05, 0) is 39.6 Å². The van der Waals surface area contributed by atoms with Crippen molar-refractivity contribution in [3.05, 3.63) is 0 Å². The highest BCUT2D eigenvalue weighted by molar-refractivity contribution is 7.80. The van der Waals surface area contributed by atoms with E-state index in [1.54, 1.807) is 0 Å². The lowest BCUT2D eigenvalue weighted by molar-refractivity contribution is 0.0604. The van der Waals surface area contributed by atoms with Crippen LogP contribution in [0.1, 0.15) is 20.3 Å². The molecular weight excluding hydrogens is 180 g/mol. The number of hydrogen-bond donors (Lipinski definition) is 1. The molecule has 0 aromatic heterocycles. The predicted molar refractivity (Wildman–Crippen MR) is 61.6 cm³/mol. The molecule has 2 nitrogen and oxygen atoms in total. The molecule has 13 heavy (non-hydrogen) atoms. The Kier molecular flexibility index (Phi) is 4.56. The van der Waals surface area contributed by atoms with Crippen molar-refractivity contribution >= 4 is 12.6 Å². The van der Waals surface area contributed by atoms with E-state index in [9.17, 15) is 0 Å². The summed E-state index contributed by atoms with van der Waals surface area (Å²) in [6.45, 7) is 8.27. The number of rotatable bonds is 3. The monoisotopic (exact) mass is 202 g/mol. The summed E-state index contributed by atoms with van der Waals surface area (Å²) < 4.78 is 0. The molecule has 3 heteroatoms. The number of thiol groups is 1. The molecule has 1 rings (SSSR count). The summed E-state index contributed by atoms with van der Waals surface area (Å²) in [6, 6.07) is 1.40. The summed E-state index contributed by atoms with van der Waals surface area (Å²) in [4.78, 5) is 5.03. The van der Waals surface area contributed by atoms with Gasteiger partial charge in [-0.25, -0.2) is 0 Å². The van der Waals surface area contributed by atoms with E-state index in [1.807, 2.05) is 0 Å². The van der Waals surface area contributed by atoms with E-state index in [0.717, 1.165) is 5.75 Å². The van der Waals surface area contributed by atoms with Gasteiger partial charge in [0.15, 0.2) is 0 Å². The van der Waals surface area contributed by atoms with Crippen LogP contribution in [0.4, 0.5) is 0 Å². The minimum Gasteiger partial charge on any atom is -0.300 e. The Morgan fingerprint density at radius 1 is 1.23 bits per heavy atom. The molecule has 0 aliphatic carbocycles. The summed E-state index contributed by atoms with van der Waals surface area (Å²) in [6.07, 6.45) is 1.21. The smallest absolute Gasteiger partial charge is 0.0195 e. The fraction of sp³-hybridized carbons (Fsp3) is 1.00. The molecule has 0 saturated carbocycles. The first kappa shape index (κ1) is 11.3. The molecule has 1 aliphatic rings. The van der Waals surface area contributed by atoms with Crippen molar-refractivity contribution in [2.45, 2.75) is 32.4 Å². The minimum absolute atomic E-state index is 0.698. The van der Waals surface area contributed by atoms with E-state index in [0.29, 0.717) is 12.1 Å². The number of nitrogens with zero attached hydrogens (tertiary/aromatic N) is 2. The van der Waals surface area contributed by atoms with Gasteiger partial charge in [-0.15, -0.1) is 0 Å². The third kappa shape index (κ3) is 3.15. The molecule has 0 bridgehead atoms. The summed E-state index contributed by atoms with van der Waals surface area (Å²) in [5.74, 6) is 1.01. The van der Waals surface area contributed by atoms with Crippen LogP contribution in [0.5, 0.6) is 0 Å². The Morgan fingerprint density at radius 2 is 1.77 bits per heavy atom. The largest absolute Gasteiger partial charge is 0.300 e. The van der Waals surface area contributed by atoms with Crippen molar-refractivity contribution < 1.29 is 0 Å². The van der Waals surface area contributed by atoms with Crippen LogP contribution in [-0.2, 0) is 0 Å². The number of piperazine rings is 1. The van der Waals surface area contributed by atoms with Gasteiger partial charge < -0.3 is 4.90 Å². The van der Waals surface area contributed by atoms with Crippen LogP contribution < -0.4 is 0 Å². The lowest BCUT2D eigenvalue weighted by atomic mass is 10.1. The van der Waals surface area contributed by atoms with Gasteiger partial charge in [-0.2, -0.15) is 12.6 Å². The van der Waals surface area contributed by atoms with Gasteiger partial charge in [0.1, 0.15) is 0 Å². The zero-order valence-electron chi connectivity index (χ0n) is 9.03. The fourth-order valence-corrected chi connectivity index (χ4v) is 2.13. The topological polar surface area (TPSA) is 6.48 Å². The Hall–Kier alpha value is 0.270.